The number of carbonyl (C=O) groups excluding carboxylic acids is 1. The fourth-order valence-electron chi connectivity index (χ4n) is 2.74. The summed E-state index contributed by atoms with van der Waals surface area (Å²) in [6.07, 6.45) is 0.803. The number of carbonyl (C=O) groups is 1. The maximum absolute atomic E-state index is 12.7. The normalized spacial score (nSPS) is 16.1. The van der Waals surface area contributed by atoms with Gasteiger partial charge in [-0.3, -0.25) is 4.79 Å². The highest BCUT2D eigenvalue weighted by molar-refractivity contribution is 7.89. The van der Waals surface area contributed by atoms with Gasteiger partial charge in [0.1, 0.15) is 11.2 Å². The minimum absolute atomic E-state index is 0.149. The molecule has 1 aliphatic heterocycles. The number of benzene rings is 2. The molecule has 7 heteroatoms. The van der Waals surface area contributed by atoms with E-state index in [0.717, 1.165) is 12.0 Å². The van der Waals surface area contributed by atoms with Crippen molar-refractivity contribution in [2.45, 2.75) is 4.90 Å². The molecule has 0 amide bonds. The summed E-state index contributed by atoms with van der Waals surface area (Å²) in [5.74, 6) is 0. The molecule has 3 rings (SSSR count). The first-order valence-corrected chi connectivity index (χ1v) is 9.39. The first kappa shape index (κ1) is 17.0. The first-order valence-electron chi connectivity index (χ1n) is 7.57. The molecule has 1 aliphatic rings. The molecule has 0 N–H and O–H groups in total. The third-order valence-electron chi connectivity index (χ3n) is 4.09. The second-order valence-corrected chi connectivity index (χ2v) is 7.84. The number of nitrogens with zero attached hydrogens (tertiary/aromatic N) is 2. The summed E-state index contributed by atoms with van der Waals surface area (Å²) >= 11 is 6.04. The van der Waals surface area contributed by atoms with E-state index >= 15 is 0 Å². The molecule has 24 heavy (non-hydrogen) atoms. The summed E-state index contributed by atoms with van der Waals surface area (Å²) in [5.41, 5.74) is 1.61. The Balaban J connectivity index is 1.72. The minimum atomic E-state index is -3.58. The Bertz CT molecular complexity index is 829. The van der Waals surface area contributed by atoms with Crippen molar-refractivity contribution < 1.29 is 13.2 Å². The van der Waals surface area contributed by atoms with Crippen LogP contribution in [0.15, 0.2) is 53.4 Å². The summed E-state index contributed by atoms with van der Waals surface area (Å²) in [6.45, 7) is 1.96. The van der Waals surface area contributed by atoms with E-state index in [1.807, 2.05) is 12.1 Å². The highest BCUT2D eigenvalue weighted by Gasteiger charge is 2.29. The van der Waals surface area contributed by atoms with Gasteiger partial charge in [0.25, 0.3) is 0 Å². The lowest BCUT2D eigenvalue weighted by Crippen LogP contribution is -2.48. The van der Waals surface area contributed by atoms with E-state index in [9.17, 15) is 13.2 Å². The van der Waals surface area contributed by atoms with Gasteiger partial charge in [0, 0.05) is 37.4 Å². The van der Waals surface area contributed by atoms with E-state index < -0.39 is 10.0 Å². The molecule has 0 saturated carbocycles. The highest BCUT2D eigenvalue weighted by atomic mass is 35.5. The second kappa shape index (κ2) is 6.93. The fraction of sp³-hybridized carbons (Fsp3) is 0.235. The van der Waals surface area contributed by atoms with Crippen LogP contribution >= 0.6 is 11.6 Å². The van der Waals surface area contributed by atoms with Crippen molar-refractivity contribution in [3.8, 4) is 0 Å². The van der Waals surface area contributed by atoms with E-state index in [1.54, 1.807) is 30.3 Å². The molecule has 1 saturated heterocycles. The molecule has 0 radical (unpaired) electrons. The molecule has 0 bridgehead atoms. The second-order valence-electron chi connectivity index (χ2n) is 5.53. The molecule has 1 fully saturated rings. The Morgan fingerprint density at radius 3 is 2.12 bits per heavy atom. The van der Waals surface area contributed by atoms with Gasteiger partial charge in [-0.2, -0.15) is 4.31 Å². The van der Waals surface area contributed by atoms with E-state index in [-0.39, 0.29) is 9.92 Å². The molecule has 0 atom stereocenters. The number of hydrogen-bond donors (Lipinski definition) is 0. The van der Waals surface area contributed by atoms with Gasteiger partial charge in [-0.15, -0.1) is 0 Å². The summed E-state index contributed by atoms with van der Waals surface area (Å²) in [4.78, 5) is 13.0. The predicted octanol–water partition coefficient (Wildman–Crippen LogP) is 2.66. The Kier molecular flexibility index (Phi) is 4.89. The van der Waals surface area contributed by atoms with Crippen LogP contribution in [-0.4, -0.2) is 45.2 Å². The smallest absolute Gasteiger partial charge is 0.244 e. The third-order valence-corrected chi connectivity index (χ3v) is 6.49. The largest absolute Gasteiger partial charge is 0.369 e. The van der Waals surface area contributed by atoms with Gasteiger partial charge in [0.2, 0.25) is 10.0 Å². The number of hydrogen-bond acceptors (Lipinski definition) is 4. The van der Waals surface area contributed by atoms with Crippen molar-refractivity contribution in [3.05, 3.63) is 59.1 Å². The van der Waals surface area contributed by atoms with Gasteiger partial charge in [0.05, 0.1) is 5.02 Å². The van der Waals surface area contributed by atoms with Crippen LogP contribution in [-0.2, 0) is 10.0 Å². The number of anilines is 1. The van der Waals surface area contributed by atoms with Gasteiger partial charge >= 0.3 is 0 Å². The zero-order chi connectivity index (χ0) is 17.2. The lowest BCUT2D eigenvalue weighted by Gasteiger charge is -2.35. The Labute approximate surface area is 146 Å². The van der Waals surface area contributed by atoms with Gasteiger partial charge in [-0.05, 0) is 36.4 Å². The maximum Gasteiger partial charge on any atom is 0.244 e. The van der Waals surface area contributed by atoms with Gasteiger partial charge in [0.15, 0.2) is 0 Å². The van der Waals surface area contributed by atoms with Crippen LogP contribution in [0.3, 0.4) is 0 Å². The van der Waals surface area contributed by atoms with Crippen LogP contribution in [0.25, 0.3) is 0 Å². The molecule has 0 spiro atoms. The number of sulfonamides is 1. The van der Waals surface area contributed by atoms with Crippen molar-refractivity contribution in [3.63, 3.8) is 0 Å². The fourth-order valence-corrected chi connectivity index (χ4v) is 4.66. The molecular weight excluding hydrogens is 348 g/mol. The topological polar surface area (TPSA) is 57.7 Å². The molecule has 0 aromatic heterocycles. The molecule has 1 heterocycles. The van der Waals surface area contributed by atoms with E-state index in [4.69, 9.17) is 11.6 Å². The Morgan fingerprint density at radius 2 is 1.54 bits per heavy atom. The zero-order valence-electron chi connectivity index (χ0n) is 12.9. The van der Waals surface area contributed by atoms with Crippen molar-refractivity contribution in [1.29, 1.82) is 0 Å². The average molecular weight is 365 g/mol. The summed E-state index contributed by atoms with van der Waals surface area (Å²) in [5, 5.41) is 0.240. The highest BCUT2D eigenvalue weighted by Crippen LogP contribution is 2.26. The van der Waals surface area contributed by atoms with Crippen LogP contribution in [0, 0.1) is 0 Å². The van der Waals surface area contributed by atoms with Crippen molar-refractivity contribution in [2.75, 3.05) is 31.1 Å². The number of aldehydes is 1. The SMILES string of the molecule is O=Cc1ccc(N2CCN(S(=O)(=O)c3ccccc3Cl)CC2)cc1. The quantitative estimate of drug-likeness (QED) is 0.783. The Morgan fingerprint density at radius 1 is 0.917 bits per heavy atom. The van der Waals surface area contributed by atoms with Crippen LogP contribution in [0.4, 0.5) is 5.69 Å². The monoisotopic (exact) mass is 364 g/mol. The molecular formula is C17H17ClN2O3S. The van der Waals surface area contributed by atoms with Gasteiger partial charge in [-0.1, -0.05) is 23.7 Å². The van der Waals surface area contributed by atoms with Crippen LogP contribution < -0.4 is 4.90 Å². The van der Waals surface area contributed by atoms with Crippen LogP contribution in [0.2, 0.25) is 5.02 Å². The third kappa shape index (κ3) is 3.31. The lowest BCUT2D eigenvalue weighted by atomic mass is 10.2. The van der Waals surface area contributed by atoms with Crippen molar-refractivity contribution in [1.82, 2.24) is 4.31 Å². The summed E-state index contributed by atoms with van der Waals surface area (Å²) in [6, 6.07) is 13.8. The molecule has 0 aliphatic carbocycles. The van der Waals surface area contributed by atoms with Crippen molar-refractivity contribution in [2.24, 2.45) is 0 Å². The summed E-state index contributed by atoms with van der Waals surface area (Å²) in [7, 11) is -3.58. The van der Waals surface area contributed by atoms with Gasteiger partial charge < -0.3 is 4.90 Å². The summed E-state index contributed by atoms with van der Waals surface area (Å²) < 4.78 is 26.9. The van der Waals surface area contributed by atoms with Crippen LogP contribution in [0.1, 0.15) is 10.4 Å². The van der Waals surface area contributed by atoms with E-state index in [1.165, 1.54) is 10.4 Å². The predicted molar refractivity (Wildman–Crippen MR) is 94.3 cm³/mol. The lowest BCUT2D eigenvalue weighted by molar-refractivity contribution is 0.112. The van der Waals surface area contributed by atoms with E-state index in [0.29, 0.717) is 31.7 Å². The molecule has 2 aromatic carbocycles. The number of halogens is 1. The standard InChI is InChI=1S/C17H17ClN2O3S/c18-16-3-1-2-4-17(16)24(22,23)20-11-9-19(10-12-20)15-7-5-14(13-21)6-8-15/h1-8,13H,9-12H2. The number of rotatable bonds is 4. The first-order chi connectivity index (χ1) is 11.5. The minimum Gasteiger partial charge on any atom is -0.369 e. The molecule has 126 valence electrons. The van der Waals surface area contributed by atoms with Crippen LogP contribution in [0.5, 0.6) is 0 Å². The molecule has 0 unspecified atom stereocenters. The molecule has 2 aromatic rings. The van der Waals surface area contributed by atoms with Crippen molar-refractivity contribution >= 4 is 33.6 Å². The average Bonchev–Trinajstić information content (AvgIpc) is 2.62. The van der Waals surface area contributed by atoms with E-state index in [2.05, 4.69) is 4.90 Å². The maximum atomic E-state index is 12.7. The molecule has 5 nitrogen and oxygen atoms in total. The van der Waals surface area contributed by atoms with Gasteiger partial charge in [-0.25, -0.2) is 8.42 Å². The number of piperazine rings is 1. The Hall–Kier alpha value is -1.89. The zero-order valence-corrected chi connectivity index (χ0v) is 14.5.